The molecule has 4 nitrogen and oxygen atoms in total. The van der Waals surface area contributed by atoms with Crippen LogP contribution in [-0.2, 0) is 4.74 Å². The van der Waals surface area contributed by atoms with E-state index in [0.29, 0.717) is 35.7 Å². The molecule has 1 saturated heterocycles. The molecular weight excluding hydrogens is 264 g/mol. The minimum absolute atomic E-state index is 0.294. The number of nitrogens with two attached hydrogens (primary N) is 1. The molecule has 3 atom stereocenters. The van der Waals surface area contributed by atoms with Crippen LogP contribution in [0, 0.1) is 11.8 Å². The number of rotatable bonds is 3. The third-order valence-electron chi connectivity index (χ3n) is 4.45. The maximum absolute atomic E-state index is 12.2. The smallest absolute Gasteiger partial charge is 0.340 e. The summed E-state index contributed by atoms with van der Waals surface area (Å²) in [5, 5.41) is 0. The number of carbonyl (C=O) groups excluding carboxylic acids is 1. The van der Waals surface area contributed by atoms with Crippen LogP contribution in [0.4, 0.5) is 11.4 Å². The molecule has 21 heavy (non-hydrogen) atoms. The van der Waals surface area contributed by atoms with Crippen LogP contribution < -0.4 is 10.6 Å². The molecule has 1 aliphatic heterocycles. The van der Waals surface area contributed by atoms with E-state index in [2.05, 4.69) is 25.7 Å². The van der Waals surface area contributed by atoms with E-state index in [1.807, 2.05) is 19.1 Å². The molecule has 1 heterocycles. The Labute approximate surface area is 127 Å². The van der Waals surface area contributed by atoms with Crippen LogP contribution >= 0.6 is 0 Å². The zero-order valence-corrected chi connectivity index (χ0v) is 13.4. The van der Waals surface area contributed by atoms with E-state index < -0.39 is 0 Å². The minimum atomic E-state index is -0.294. The number of esters is 1. The molecule has 0 saturated carbocycles. The molecule has 0 spiro atoms. The van der Waals surface area contributed by atoms with Gasteiger partial charge in [0, 0.05) is 12.6 Å². The van der Waals surface area contributed by atoms with Gasteiger partial charge in [0.25, 0.3) is 0 Å². The fourth-order valence-corrected chi connectivity index (χ4v) is 3.27. The summed E-state index contributed by atoms with van der Waals surface area (Å²) >= 11 is 0. The molecule has 1 aromatic rings. The van der Waals surface area contributed by atoms with Crippen molar-refractivity contribution in [1.29, 1.82) is 0 Å². The third-order valence-corrected chi connectivity index (χ3v) is 4.45. The summed E-state index contributed by atoms with van der Waals surface area (Å²) in [5.41, 5.74) is 8.25. The van der Waals surface area contributed by atoms with Crippen LogP contribution in [0.25, 0.3) is 0 Å². The van der Waals surface area contributed by atoms with Gasteiger partial charge in [-0.15, -0.1) is 0 Å². The molecule has 1 aromatic carbocycles. The second-order valence-corrected chi connectivity index (χ2v) is 6.18. The summed E-state index contributed by atoms with van der Waals surface area (Å²) in [7, 11) is 0. The average Bonchev–Trinajstić information content (AvgIpc) is 2.43. The lowest BCUT2D eigenvalue weighted by Gasteiger charge is -2.43. The number of benzene rings is 1. The van der Waals surface area contributed by atoms with Gasteiger partial charge in [0.1, 0.15) is 0 Å². The lowest BCUT2D eigenvalue weighted by atomic mass is 9.85. The second-order valence-electron chi connectivity index (χ2n) is 6.18. The first-order valence-corrected chi connectivity index (χ1v) is 7.77. The Balaban J connectivity index is 2.44. The zero-order chi connectivity index (χ0) is 15.6. The van der Waals surface area contributed by atoms with E-state index in [0.717, 1.165) is 12.2 Å². The van der Waals surface area contributed by atoms with E-state index in [1.165, 1.54) is 6.42 Å². The lowest BCUT2D eigenvalue weighted by Crippen LogP contribution is -2.46. The average molecular weight is 290 g/mol. The number of piperidine rings is 1. The number of nitrogen functional groups attached to an aromatic ring is 1. The highest BCUT2D eigenvalue weighted by Gasteiger charge is 2.32. The molecule has 0 bridgehead atoms. The predicted octanol–water partition coefficient (Wildman–Crippen LogP) is 3.32. The van der Waals surface area contributed by atoms with Crippen molar-refractivity contribution in [3.8, 4) is 0 Å². The summed E-state index contributed by atoms with van der Waals surface area (Å²) < 4.78 is 5.18. The van der Waals surface area contributed by atoms with Crippen molar-refractivity contribution in [2.24, 2.45) is 11.8 Å². The van der Waals surface area contributed by atoms with Gasteiger partial charge in [-0.2, -0.15) is 0 Å². The molecule has 4 heteroatoms. The van der Waals surface area contributed by atoms with E-state index in [-0.39, 0.29) is 5.97 Å². The highest BCUT2D eigenvalue weighted by atomic mass is 16.5. The maximum atomic E-state index is 12.2. The summed E-state index contributed by atoms with van der Waals surface area (Å²) in [5.74, 6) is 0.868. The Morgan fingerprint density at radius 1 is 1.38 bits per heavy atom. The molecular formula is C17H26N2O2. The number of hydrogen-bond donors (Lipinski definition) is 1. The van der Waals surface area contributed by atoms with Crippen molar-refractivity contribution in [3.05, 3.63) is 23.8 Å². The van der Waals surface area contributed by atoms with Gasteiger partial charge in [-0.05, 0) is 44.2 Å². The van der Waals surface area contributed by atoms with E-state index >= 15 is 0 Å². The Morgan fingerprint density at radius 2 is 2.10 bits per heavy atom. The predicted molar refractivity (Wildman–Crippen MR) is 86.6 cm³/mol. The van der Waals surface area contributed by atoms with Crippen molar-refractivity contribution in [2.75, 3.05) is 23.8 Å². The summed E-state index contributed by atoms with van der Waals surface area (Å²) in [6.07, 6.45) is 1.21. The molecule has 3 unspecified atom stereocenters. The van der Waals surface area contributed by atoms with Crippen molar-refractivity contribution >= 4 is 17.3 Å². The van der Waals surface area contributed by atoms with E-state index in [9.17, 15) is 4.79 Å². The minimum Gasteiger partial charge on any atom is -0.462 e. The number of para-hydroxylation sites is 1. The Kier molecular flexibility index (Phi) is 4.76. The number of ether oxygens (including phenoxy) is 1. The zero-order valence-electron chi connectivity index (χ0n) is 13.4. The van der Waals surface area contributed by atoms with Gasteiger partial charge in [-0.3, -0.25) is 0 Å². The number of carbonyl (C=O) groups is 1. The van der Waals surface area contributed by atoms with Gasteiger partial charge in [-0.25, -0.2) is 4.79 Å². The number of anilines is 2. The maximum Gasteiger partial charge on any atom is 0.340 e. The molecule has 0 aliphatic carbocycles. The molecule has 0 amide bonds. The number of nitrogens with zero attached hydrogens (tertiary/aromatic N) is 1. The molecule has 1 aliphatic rings. The van der Waals surface area contributed by atoms with Crippen LogP contribution in [0.15, 0.2) is 18.2 Å². The van der Waals surface area contributed by atoms with Gasteiger partial charge in [-0.1, -0.05) is 19.9 Å². The fourth-order valence-electron chi connectivity index (χ4n) is 3.27. The first kappa shape index (κ1) is 15.7. The summed E-state index contributed by atoms with van der Waals surface area (Å²) in [4.78, 5) is 14.5. The van der Waals surface area contributed by atoms with Gasteiger partial charge in [0.15, 0.2) is 0 Å². The molecule has 1 fully saturated rings. The standard InChI is InChI=1S/C17H26N2O2/c1-5-21-17(20)14-7-6-8-15(18)16(14)19-10-11(2)9-12(3)13(19)4/h6-8,11-13H,5,9-10,18H2,1-4H3. The SMILES string of the molecule is CCOC(=O)c1cccc(N)c1N1CC(C)CC(C)C1C. The van der Waals surface area contributed by atoms with E-state index in [4.69, 9.17) is 10.5 Å². The Hall–Kier alpha value is -1.71. The largest absolute Gasteiger partial charge is 0.462 e. The second kappa shape index (κ2) is 6.37. The van der Waals surface area contributed by atoms with Crippen LogP contribution in [0.1, 0.15) is 44.5 Å². The van der Waals surface area contributed by atoms with Crippen molar-refractivity contribution < 1.29 is 9.53 Å². The lowest BCUT2D eigenvalue weighted by molar-refractivity contribution is 0.0526. The van der Waals surface area contributed by atoms with Crippen LogP contribution in [-0.4, -0.2) is 25.2 Å². The molecule has 2 rings (SSSR count). The topological polar surface area (TPSA) is 55.6 Å². The van der Waals surface area contributed by atoms with Gasteiger partial charge in [0.2, 0.25) is 0 Å². The first-order valence-electron chi connectivity index (χ1n) is 7.77. The van der Waals surface area contributed by atoms with Gasteiger partial charge < -0.3 is 15.4 Å². The van der Waals surface area contributed by atoms with Crippen LogP contribution in [0.5, 0.6) is 0 Å². The van der Waals surface area contributed by atoms with Crippen molar-refractivity contribution in [2.45, 2.75) is 40.2 Å². The Bertz CT molecular complexity index is 516. The van der Waals surface area contributed by atoms with Crippen LogP contribution in [0.2, 0.25) is 0 Å². The monoisotopic (exact) mass is 290 g/mol. The highest BCUT2D eigenvalue weighted by molar-refractivity contribution is 5.99. The molecule has 0 radical (unpaired) electrons. The molecule has 0 aromatic heterocycles. The third kappa shape index (κ3) is 3.14. The Morgan fingerprint density at radius 3 is 2.76 bits per heavy atom. The van der Waals surface area contributed by atoms with Crippen LogP contribution in [0.3, 0.4) is 0 Å². The molecule has 116 valence electrons. The molecule has 2 N–H and O–H groups in total. The summed E-state index contributed by atoms with van der Waals surface area (Å²) in [6.45, 7) is 9.83. The fraction of sp³-hybridized carbons (Fsp3) is 0.588. The van der Waals surface area contributed by atoms with Crippen molar-refractivity contribution in [3.63, 3.8) is 0 Å². The van der Waals surface area contributed by atoms with E-state index in [1.54, 1.807) is 6.07 Å². The number of hydrogen-bond acceptors (Lipinski definition) is 4. The van der Waals surface area contributed by atoms with Gasteiger partial charge >= 0.3 is 5.97 Å². The highest BCUT2D eigenvalue weighted by Crippen LogP contribution is 2.36. The first-order chi connectivity index (χ1) is 9.95. The quantitative estimate of drug-likeness (QED) is 0.685. The van der Waals surface area contributed by atoms with Gasteiger partial charge in [0.05, 0.1) is 23.5 Å². The van der Waals surface area contributed by atoms with Crippen molar-refractivity contribution in [1.82, 2.24) is 0 Å². The normalized spacial score (nSPS) is 25.7. The summed E-state index contributed by atoms with van der Waals surface area (Å²) in [6, 6.07) is 5.83.